The van der Waals surface area contributed by atoms with Crippen molar-refractivity contribution < 1.29 is 45.5 Å². The molecule has 0 spiro atoms. The summed E-state index contributed by atoms with van der Waals surface area (Å²) in [5.41, 5.74) is 0.780. The van der Waals surface area contributed by atoms with Gasteiger partial charge >= 0.3 is 12.5 Å². The van der Waals surface area contributed by atoms with Crippen molar-refractivity contribution in [3.05, 3.63) is 69.5 Å². The lowest BCUT2D eigenvalue weighted by Crippen LogP contribution is -2.49. The molecule has 5 rings (SSSR count). The second-order valence-corrected chi connectivity index (χ2v) is 10.9. The summed E-state index contributed by atoms with van der Waals surface area (Å²) < 4.78 is 82.8. The standard InChI is InChI=1S/C27H24ClF6N7O4/c1-12-6-18-16(10-39(12)23(43)14-4-5-17(28)20(7-14)45-27(32,33)34)21-24(44)40(11-19(22(42)35-3)41(21)38-18)13(2)15-8-36-25(37-9-15)26(29,30)31/h4-5,7-9,12-13,19H,6,10-11H2,1-3H3,(H,35,42)/t12-,13+,19+/m1/s1. The Bertz CT molecular complexity index is 1660. The lowest BCUT2D eigenvalue weighted by atomic mass is 9.96. The number of ether oxygens (including phenoxy) is 1. The predicted molar refractivity (Wildman–Crippen MR) is 143 cm³/mol. The van der Waals surface area contributed by atoms with Crippen LogP contribution < -0.4 is 10.1 Å². The summed E-state index contributed by atoms with van der Waals surface area (Å²) in [5.74, 6) is -3.89. The zero-order valence-corrected chi connectivity index (χ0v) is 24.5. The van der Waals surface area contributed by atoms with Crippen LogP contribution >= 0.6 is 11.6 Å². The quantitative estimate of drug-likeness (QED) is 0.405. The predicted octanol–water partition coefficient (Wildman–Crippen LogP) is 4.34. The molecule has 3 aromatic rings. The Balaban J connectivity index is 1.50. The smallest absolute Gasteiger partial charge is 0.404 e. The van der Waals surface area contributed by atoms with Gasteiger partial charge < -0.3 is 19.9 Å². The van der Waals surface area contributed by atoms with E-state index < -0.39 is 60.0 Å². The van der Waals surface area contributed by atoms with Crippen LogP contribution in [0.5, 0.6) is 5.75 Å². The van der Waals surface area contributed by atoms with E-state index in [4.69, 9.17) is 11.6 Å². The van der Waals surface area contributed by atoms with Crippen LogP contribution in [-0.4, -0.2) is 73.3 Å². The summed E-state index contributed by atoms with van der Waals surface area (Å²) in [6, 6.07) is 0.801. The van der Waals surface area contributed by atoms with Crippen molar-refractivity contribution in [2.24, 2.45) is 0 Å². The SMILES string of the molecule is CNC(=O)[C@@H]1CN([C@@H](C)c2cnc(C(F)(F)F)nc2)C(=O)c2c3c(nn21)C[C@@H](C)N(C(=O)c1ccc(Cl)c(OC(F)(F)F)c1)C3. The van der Waals surface area contributed by atoms with Crippen molar-refractivity contribution in [3.63, 3.8) is 0 Å². The molecule has 3 amide bonds. The van der Waals surface area contributed by atoms with Crippen LogP contribution in [0.25, 0.3) is 0 Å². The van der Waals surface area contributed by atoms with E-state index in [2.05, 4.69) is 25.1 Å². The van der Waals surface area contributed by atoms with E-state index in [1.807, 2.05) is 0 Å². The Morgan fingerprint density at radius 2 is 1.80 bits per heavy atom. The van der Waals surface area contributed by atoms with Crippen LogP contribution in [0.2, 0.25) is 5.02 Å². The van der Waals surface area contributed by atoms with Crippen molar-refractivity contribution >= 4 is 29.3 Å². The Hall–Kier alpha value is -4.41. The number of carbonyl (C=O) groups excluding carboxylic acids is 3. The lowest BCUT2D eigenvalue weighted by molar-refractivity contribution is -0.274. The number of carbonyl (C=O) groups is 3. The highest BCUT2D eigenvalue weighted by molar-refractivity contribution is 6.32. The van der Waals surface area contributed by atoms with Gasteiger partial charge in [-0.3, -0.25) is 14.4 Å². The summed E-state index contributed by atoms with van der Waals surface area (Å²) in [7, 11) is 1.39. The van der Waals surface area contributed by atoms with E-state index in [9.17, 15) is 40.7 Å². The molecule has 18 heteroatoms. The van der Waals surface area contributed by atoms with Gasteiger partial charge in [0.05, 0.1) is 29.8 Å². The van der Waals surface area contributed by atoms with E-state index in [1.165, 1.54) is 27.6 Å². The fourth-order valence-corrected chi connectivity index (χ4v) is 5.50. The molecule has 0 saturated carbocycles. The molecular weight excluding hydrogens is 636 g/mol. The van der Waals surface area contributed by atoms with Crippen molar-refractivity contribution in [2.75, 3.05) is 13.6 Å². The molecule has 2 aliphatic heterocycles. The molecule has 0 aliphatic carbocycles. The fraction of sp³-hybridized carbons (Fsp3) is 0.407. The largest absolute Gasteiger partial charge is 0.573 e. The van der Waals surface area contributed by atoms with Gasteiger partial charge in [0.25, 0.3) is 11.8 Å². The maximum atomic E-state index is 14.0. The zero-order chi connectivity index (χ0) is 33.0. The molecule has 2 aromatic heterocycles. The molecular formula is C27H24ClF6N7O4. The van der Waals surface area contributed by atoms with Gasteiger partial charge in [0.1, 0.15) is 17.5 Å². The number of benzene rings is 1. The van der Waals surface area contributed by atoms with Crippen LogP contribution in [0.1, 0.15) is 69.4 Å². The molecule has 3 atom stereocenters. The number of amides is 3. The number of fused-ring (bicyclic) bond motifs is 3. The van der Waals surface area contributed by atoms with Gasteiger partial charge in [-0.1, -0.05) is 11.6 Å². The van der Waals surface area contributed by atoms with Gasteiger partial charge in [-0.25, -0.2) is 14.6 Å². The molecule has 1 aromatic carbocycles. The van der Waals surface area contributed by atoms with Gasteiger partial charge in [-0.05, 0) is 32.0 Å². The molecule has 0 saturated heterocycles. The Morgan fingerprint density at radius 3 is 2.40 bits per heavy atom. The first-order chi connectivity index (χ1) is 21.0. The van der Waals surface area contributed by atoms with Crippen LogP contribution in [-0.2, 0) is 23.9 Å². The van der Waals surface area contributed by atoms with Crippen LogP contribution in [0.3, 0.4) is 0 Å². The van der Waals surface area contributed by atoms with Gasteiger partial charge in [0, 0.05) is 48.6 Å². The summed E-state index contributed by atoms with van der Waals surface area (Å²) in [6.45, 7) is 2.88. The summed E-state index contributed by atoms with van der Waals surface area (Å²) in [6.07, 6.45) is -7.76. The van der Waals surface area contributed by atoms with Gasteiger partial charge in [0.15, 0.2) is 0 Å². The molecule has 11 nitrogen and oxygen atoms in total. The molecule has 2 aliphatic rings. The molecule has 45 heavy (non-hydrogen) atoms. The molecule has 0 fully saturated rings. The minimum Gasteiger partial charge on any atom is -0.404 e. The second kappa shape index (κ2) is 11.5. The monoisotopic (exact) mass is 659 g/mol. The van der Waals surface area contributed by atoms with E-state index in [0.717, 1.165) is 24.5 Å². The third-order valence-electron chi connectivity index (χ3n) is 7.66. The maximum absolute atomic E-state index is 14.0. The number of hydrogen-bond donors (Lipinski definition) is 1. The first-order valence-corrected chi connectivity index (χ1v) is 13.8. The first-order valence-electron chi connectivity index (χ1n) is 13.4. The number of likely N-dealkylation sites (N-methyl/N-ethyl adjacent to an activating group) is 1. The number of rotatable bonds is 5. The van der Waals surface area contributed by atoms with Gasteiger partial charge in [-0.2, -0.15) is 18.3 Å². The molecule has 4 heterocycles. The number of nitrogens with one attached hydrogen (secondary N) is 1. The number of halogens is 7. The lowest BCUT2D eigenvalue weighted by Gasteiger charge is -2.37. The van der Waals surface area contributed by atoms with E-state index in [0.29, 0.717) is 11.3 Å². The van der Waals surface area contributed by atoms with Crippen LogP contribution in [0.4, 0.5) is 26.3 Å². The summed E-state index contributed by atoms with van der Waals surface area (Å²) >= 11 is 5.84. The number of alkyl halides is 6. The maximum Gasteiger partial charge on any atom is 0.573 e. The average Bonchev–Trinajstić information content (AvgIpc) is 3.34. The first kappa shape index (κ1) is 32.0. The average molecular weight is 660 g/mol. The van der Waals surface area contributed by atoms with Crippen LogP contribution in [0, 0.1) is 0 Å². The van der Waals surface area contributed by atoms with Crippen molar-refractivity contribution in [1.29, 1.82) is 0 Å². The topological polar surface area (TPSA) is 123 Å². The highest BCUT2D eigenvalue weighted by Gasteiger charge is 2.44. The highest BCUT2D eigenvalue weighted by Crippen LogP contribution is 2.37. The highest BCUT2D eigenvalue weighted by atomic mass is 35.5. The molecule has 1 N–H and O–H groups in total. The summed E-state index contributed by atoms with van der Waals surface area (Å²) in [5, 5.41) is 6.70. The minimum atomic E-state index is -5.05. The normalized spacial score (nSPS) is 19.1. The molecule has 0 unspecified atom stereocenters. The Kier molecular flexibility index (Phi) is 8.18. The Morgan fingerprint density at radius 1 is 1.13 bits per heavy atom. The molecule has 0 bridgehead atoms. The van der Waals surface area contributed by atoms with Crippen molar-refractivity contribution in [3.8, 4) is 5.75 Å². The number of aromatic nitrogens is 4. The zero-order valence-electron chi connectivity index (χ0n) is 23.7. The fourth-order valence-electron chi connectivity index (χ4n) is 5.35. The van der Waals surface area contributed by atoms with E-state index in [1.54, 1.807) is 13.8 Å². The number of hydrogen-bond acceptors (Lipinski definition) is 7. The van der Waals surface area contributed by atoms with Crippen molar-refractivity contribution in [2.45, 2.75) is 57.5 Å². The van der Waals surface area contributed by atoms with E-state index >= 15 is 0 Å². The molecule has 0 radical (unpaired) electrons. The van der Waals surface area contributed by atoms with E-state index in [-0.39, 0.29) is 41.4 Å². The number of nitrogens with zero attached hydrogens (tertiary/aromatic N) is 6. The van der Waals surface area contributed by atoms with Crippen molar-refractivity contribution in [1.82, 2.24) is 34.9 Å². The third kappa shape index (κ3) is 6.12. The minimum absolute atomic E-state index is 0.00794. The third-order valence-corrected chi connectivity index (χ3v) is 7.97. The Labute approximate surface area is 256 Å². The van der Waals surface area contributed by atoms with Crippen LogP contribution in [0.15, 0.2) is 30.6 Å². The van der Waals surface area contributed by atoms with Gasteiger partial charge in [0.2, 0.25) is 11.7 Å². The summed E-state index contributed by atoms with van der Waals surface area (Å²) in [4.78, 5) is 49.9. The second-order valence-electron chi connectivity index (χ2n) is 10.5. The molecule has 240 valence electrons. The van der Waals surface area contributed by atoms with Gasteiger partial charge in [-0.15, -0.1) is 13.2 Å².